The molecule has 2 rings (SSSR count). The highest BCUT2D eigenvalue weighted by atomic mass is 16.5. The molecule has 0 atom stereocenters. The second-order valence-corrected chi connectivity index (χ2v) is 4.05. The van der Waals surface area contributed by atoms with Crippen molar-refractivity contribution in [2.45, 2.75) is 6.92 Å². The van der Waals surface area contributed by atoms with Gasteiger partial charge in [0.1, 0.15) is 23.5 Å². The molecule has 0 radical (unpaired) electrons. The first-order chi connectivity index (χ1) is 10.2. The summed E-state index contributed by atoms with van der Waals surface area (Å²) in [6.07, 6.45) is 4.50. The molecule has 0 bridgehead atoms. The number of nitrogens with zero attached hydrogens (tertiary/aromatic N) is 4. The van der Waals surface area contributed by atoms with Crippen LogP contribution >= 0.6 is 0 Å². The van der Waals surface area contributed by atoms with Gasteiger partial charge in [0.2, 0.25) is 5.88 Å². The Labute approximate surface area is 122 Å². The quantitative estimate of drug-likeness (QED) is 0.863. The molecule has 0 aliphatic heterocycles. The second kappa shape index (κ2) is 6.69. The van der Waals surface area contributed by atoms with Gasteiger partial charge in [-0.3, -0.25) is 4.98 Å². The van der Waals surface area contributed by atoms with Crippen molar-refractivity contribution in [3.05, 3.63) is 54.1 Å². The van der Waals surface area contributed by atoms with Crippen LogP contribution in [-0.2, 0) is 0 Å². The Morgan fingerprint density at radius 1 is 1.29 bits per heavy atom. The average molecular weight is 277 g/mol. The van der Waals surface area contributed by atoms with Gasteiger partial charge in [-0.1, -0.05) is 6.07 Å². The average Bonchev–Trinajstić information content (AvgIpc) is 2.49. The molecule has 102 valence electrons. The van der Waals surface area contributed by atoms with Crippen molar-refractivity contribution < 1.29 is 4.74 Å². The number of allylic oxidation sites excluding steroid dienone is 1. The van der Waals surface area contributed by atoms with Crippen LogP contribution in [0.15, 0.2) is 48.4 Å². The lowest BCUT2D eigenvalue weighted by Gasteiger charge is -2.07. The summed E-state index contributed by atoms with van der Waals surface area (Å²) >= 11 is 0. The van der Waals surface area contributed by atoms with Crippen molar-refractivity contribution in [3.8, 4) is 23.8 Å². The lowest BCUT2D eigenvalue weighted by atomic mass is 10.3. The summed E-state index contributed by atoms with van der Waals surface area (Å²) in [5, 5.41) is 20.2. The van der Waals surface area contributed by atoms with E-state index in [0.29, 0.717) is 17.3 Å². The number of hydrogen-bond donors (Lipinski definition) is 1. The van der Waals surface area contributed by atoms with E-state index in [1.165, 1.54) is 12.4 Å². The van der Waals surface area contributed by atoms with Gasteiger partial charge in [0.15, 0.2) is 0 Å². The summed E-state index contributed by atoms with van der Waals surface area (Å²) in [4.78, 5) is 8.20. The molecule has 1 aromatic heterocycles. The Kier molecular flexibility index (Phi) is 4.47. The SMILES string of the molecule is Cc1cncc(Oc2cccc(NC=C(C#N)C#N)c2)n1. The van der Waals surface area contributed by atoms with Gasteiger partial charge in [-0.05, 0) is 19.1 Å². The minimum Gasteiger partial charge on any atom is -0.437 e. The number of aromatic nitrogens is 2. The molecule has 1 N–H and O–H groups in total. The number of nitriles is 2. The minimum absolute atomic E-state index is 0.00845. The molecule has 0 saturated carbocycles. The third-order valence-electron chi connectivity index (χ3n) is 2.41. The highest BCUT2D eigenvalue weighted by molar-refractivity contribution is 5.52. The van der Waals surface area contributed by atoms with E-state index in [2.05, 4.69) is 15.3 Å². The summed E-state index contributed by atoms with van der Waals surface area (Å²) in [6.45, 7) is 1.83. The maximum absolute atomic E-state index is 8.66. The molecule has 2 aromatic rings. The van der Waals surface area contributed by atoms with Gasteiger partial charge in [0.25, 0.3) is 0 Å². The number of anilines is 1. The molecule has 0 saturated heterocycles. The number of ether oxygens (including phenoxy) is 1. The van der Waals surface area contributed by atoms with Crippen LogP contribution in [0.4, 0.5) is 5.69 Å². The van der Waals surface area contributed by atoms with Crippen LogP contribution in [0.2, 0.25) is 0 Å². The third kappa shape index (κ3) is 4.05. The Morgan fingerprint density at radius 2 is 2.10 bits per heavy atom. The van der Waals surface area contributed by atoms with Crippen LogP contribution in [0.1, 0.15) is 5.69 Å². The van der Waals surface area contributed by atoms with Crippen LogP contribution in [0, 0.1) is 29.6 Å². The zero-order valence-corrected chi connectivity index (χ0v) is 11.2. The van der Waals surface area contributed by atoms with Crippen molar-refractivity contribution in [1.29, 1.82) is 10.5 Å². The van der Waals surface area contributed by atoms with Crippen LogP contribution in [-0.4, -0.2) is 9.97 Å². The van der Waals surface area contributed by atoms with E-state index < -0.39 is 0 Å². The summed E-state index contributed by atoms with van der Waals surface area (Å²) in [5.41, 5.74) is 1.44. The zero-order valence-electron chi connectivity index (χ0n) is 11.2. The van der Waals surface area contributed by atoms with Crippen molar-refractivity contribution in [2.24, 2.45) is 0 Å². The maximum Gasteiger partial charge on any atom is 0.238 e. The van der Waals surface area contributed by atoms with Gasteiger partial charge in [-0.25, -0.2) is 4.98 Å². The number of benzene rings is 1. The number of aryl methyl sites for hydroxylation is 1. The standard InChI is InChI=1S/C15H11N5O/c1-11-8-18-10-15(20-11)21-14-4-2-3-13(5-14)19-9-12(6-16)7-17/h2-5,8-10,19H,1H3. The topological polar surface area (TPSA) is 94.6 Å². The molecule has 0 spiro atoms. The fourth-order valence-electron chi connectivity index (χ4n) is 1.50. The smallest absolute Gasteiger partial charge is 0.238 e. The number of rotatable bonds is 4. The van der Waals surface area contributed by atoms with Crippen molar-refractivity contribution in [3.63, 3.8) is 0 Å². The Hall–Kier alpha value is -3.38. The minimum atomic E-state index is -0.00845. The van der Waals surface area contributed by atoms with E-state index in [1.54, 1.807) is 42.6 Å². The lowest BCUT2D eigenvalue weighted by molar-refractivity contribution is 0.459. The van der Waals surface area contributed by atoms with Gasteiger partial charge >= 0.3 is 0 Å². The monoisotopic (exact) mass is 277 g/mol. The summed E-state index contributed by atoms with van der Waals surface area (Å²) in [5.74, 6) is 0.973. The third-order valence-corrected chi connectivity index (χ3v) is 2.41. The molecule has 21 heavy (non-hydrogen) atoms. The first-order valence-electron chi connectivity index (χ1n) is 6.05. The highest BCUT2D eigenvalue weighted by Crippen LogP contribution is 2.22. The molecular weight excluding hydrogens is 266 g/mol. The van der Waals surface area contributed by atoms with E-state index in [1.807, 2.05) is 6.92 Å². The molecule has 1 aromatic carbocycles. The predicted molar refractivity (Wildman–Crippen MR) is 76.2 cm³/mol. The van der Waals surface area contributed by atoms with Gasteiger partial charge in [-0.2, -0.15) is 10.5 Å². The summed E-state index contributed by atoms with van der Waals surface area (Å²) in [7, 11) is 0. The van der Waals surface area contributed by atoms with Crippen LogP contribution < -0.4 is 10.1 Å². The maximum atomic E-state index is 8.66. The van der Waals surface area contributed by atoms with Crippen molar-refractivity contribution in [2.75, 3.05) is 5.32 Å². The predicted octanol–water partition coefficient (Wildman–Crippen LogP) is 2.92. The van der Waals surface area contributed by atoms with Crippen molar-refractivity contribution in [1.82, 2.24) is 9.97 Å². The molecule has 0 aliphatic carbocycles. The largest absolute Gasteiger partial charge is 0.437 e. The highest BCUT2D eigenvalue weighted by Gasteiger charge is 2.01. The van der Waals surface area contributed by atoms with E-state index in [0.717, 1.165) is 5.69 Å². The van der Waals surface area contributed by atoms with Gasteiger partial charge in [0.05, 0.1) is 11.9 Å². The van der Waals surface area contributed by atoms with Crippen LogP contribution in [0.25, 0.3) is 0 Å². The Morgan fingerprint density at radius 3 is 2.81 bits per heavy atom. The zero-order chi connectivity index (χ0) is 15.1. The summed E-state index contributed by atoms with van der Waals surface area (Å²) < 4.78 is 5.59. The first kappa shape index (κ1) is 14.0. The molecule has 1 heterocycles. The first-order valence-corrected chi connectivity index (χ1v) is 6.05. The van der Waals surface area contributed by atoms with E-state index in [4.69, 9.17) is 15.3 Å². The van der Waals surface area contributed by atoms with E-state index in [9.17, 15) is 0 Å². The van der Waals surface area contributed by atoms with Gasteiger partial charge < -0.3 is 10.1 Å². The van der Waals surface area contributed by atoms with Gasteiger partial charge in [0, 0.05) is 24.2 Å². The molecule has 0 fully saturated rings. The molecule has 0 unspecified atom stereocenters. The fourth-order valence-corrected chi connectivity index (χ4v) is 1.50. The lowest BCUT2D eigenvalue weighted by Crippen LogP contribution is -1.93. The fraction of sp³-hybridized carbons (Fsp3) is 0.0667. The molecule has 0 aliphatic rings. The van der Waals surface area contributed by atoms with Gasteiger partial charge in [-0.15, -0.1) is 0 Å². The molecule has 0 amide bonds. The van der Waals surface area contributed by atoms with Crippen LogP contribution in [0.3, 0.4) is 0 Å². The van der Waals surface area contributed by atoms with E-state index >= 15 is 0 Å². The number of hydrogen-bond acceptors (Lipinski definition) is 6. The molecular formula is C15H11N5O. The number of nitrogens with one attached hydrogen (secondary N) is 1. The molecule has 6 heteroatoms. The Bertz CT molecular complexity index is 739. The normalized spacial score (nSPS) is 9.10. The summed E-state index contributed by atoms with van der Waals surface area (Å²) in [6, 6.07) is 10.6. The molecule has 6 nitrogen and oxygen atoms in total. The van der Waals surface area contributed by atoms with E-state index in [-0.39, 0.29) is 5.57 Å². The van der Waals surface area contributed by atoms with Crippen molar-refractivity contribution >= 4 is 5.69 Å². The second-order valence-electron chi connectivity index (χ2n) is 4.05. The Balaban J connectivity index is 2.13. The van der Waals surface area contributed by atoms with Crippen LogP contribution in [0.5, 0.6) is 11.6 Å².